The molecule has 0 fully saturated rings. The maximum Gasteiger partial charge on any atom is 0.227 e. The van der Waals surface area contributed by atoms with Crippen molar-refractivity contribution in [3.05, 3.63) is 50.9 Å². The van der Waals surface area contributed by atoms with E-state index in [0.29, 0.717) is 5.89 Å². The van der Waals surface area contributed by atoms with Crippen LogP contribution in [-0.4, -0.2) is 4.98 Å². The Morgan fingerprint density at radius 3 is 2.50 bits per heavy atom. The molecule has 0 aliphatic carbocycles. The zero-order chi connectivity index (χ0) is 12.7. The fourth-order valence-electron chi connectivity index (χ4n) is 1.84. The maximum atomic E-state index is 5.81. The van der Waals surface area contributed by atoms with Crippen molar-refractivity contribution in [1.82, 2.24) is 4.98 Å². The number of aryl methyl sites for hydroxylation is 1. The number of aromatic nitrogens is 1. The number of halogens is 2. The van der Waals surface area contributed by atoms with Gasteiger partial charge >= 0.3 is 0 Å². The van der Waals surface area contributed by atoms with Gasteiger partial charge in [-0.15, -0.1) is 0 Å². The lowest BCUT2D eigenvalue weighted by Crippen LogP contribution is -1.76. The Morgan fingerprint density at radius 2 is 1.78 bits per heavy atom. The van der Waals surface area contributed by atoms with Gasteiger partial charge < -0.3 is 4.42 Å². The number of nitrogens with zero attached hydrogens (tertiary/aromatic N) is 1. The monoisotopic (exact) mass is 365 g/mol. The quantitative estimate of drug-likeness (QED) is 0.581. The molecule has 90 valence electrons. The molecule has 2 nitrogen and oxygen atoms in total. The van der Waals surface area contributed by atoms with E-state index in [2.05, 4.69) is 36.8 Å². The Labute approximate surface area is 121 Å². The molecule has 3 rings (SSSR count). The molecule has 2 aromatic carbocycles. The van der Waals surface area contributed by atoms with Crippen LogP contribution in [0.3, 0.4) is 0 Å². The predicted octanol–water partition coefficient (Wildman–Crippen LogP) is 5.33. The Balaban J connectivity index is 2.19. The van der Waals surface area contributed by atoms with Gasteiger partial charge in [0, 0.05) is 10.0 Å². The summed E-state index contributed by atoms with van der Waals surface area (Å²) in [5.74, 6) is 0.642. The van der Waals surface area contributed by atoms with Crippen LogP contribution in [0.15, 0.2) is 49.8 Å². The lowest BCUT2D eigenvalue weighted by molar-refractivity contribution is 0.618. The molecule has 4 heteroatoms. The summed E-state index contributed by atoms with van der Waals surface area (Å²) in [6, 6.07) is 12.0. The predicted molar refractivity (Wildman–Crippen MR) is 79.6 cm³/mol. The van der Waals surface area contributed by atoms with Gasteiger partial charge in [0.25, 0.3) is 0 Å². The molecule has 0 radical (unpaired) electrons. The molecular weight excluding hydrogens is 358 g/mol. The van der Waals surface area contributed by atoms with Crippen LogP contribution in [0, 0.1) is 6.92 Å². The lowest BCUT2D eigenvalue weighted by Gasteiger charge is -1.95. The van der Waals surface area contributed by atoms with E-state index in [-0.39, 0.29) is 0 Å². The molecule has 0 aliphatic rings. The largest absolute Gasteiger partial charge is 0.435 e. The second-order valence-electron chi connectivity index (χ2n) is 4.12. The molecule has 0 aliphatic heterocycles. The van der Waals surface area contributed by atoms with Crippen LogP contribution >= 0.6 is 31.9 Å². The third kappa shape index (κ3) is 2.10. The Bertz CT molecular complexity index is 716. The van der Waals surface area contributed by atoms with E-state index < -0.39 is 0 Å². The van der Waals surface area contributed by atoms with Crippen molar-refractivity contribution in [2.75, 3.05) is 0 Å². The van der Waals surface area contributed by atoms with Crippen LogP contribution in [0.25, 0.3) is 22.6 Å². The van der Waals surface area contributed by atoms with Gasteiger partial charge in [0.2, 0.25) is 5.89 Å². The SMILES string of the molecule is Cc1cc(Br)c2oc(-c3ccc(Br)cc3)nc2c1. The summed E-state index contributed by atoms with van der Waals surface area (Å²) in [5.41, 5.74) is 3.79. The standard InChI is InChI=1S/C14H9Br2NO/c1-8-6-11(16)13-12(7-8)17-14(18-13)9-2-4-10(15)5-3-9/h2-7H,1H3. The third-order valence-corrected chi connectivity index (χ3v) is 3.80. The fourth-order valence-corrected chi connectivity index (χ4v) is 2.75. The number of hydrogen-bond donors (Lipinski definition) is 0. The topological polar surface area (TPSA) is 26.0 Å². The first-order valence-corrected chi connectivity index (χ1v) is 7.05. The van der Waals surface area contributed by atoms with Crippen LogP contribution < -0.4 is 0 Å². The second-order valence-corrected chi connectivity index (χ2v) is 5.89. The van der Waals surface area contributed by atoms with Gasteiger partial charge in [0.15, 0.2) is 5.58 Å². The third-order valence-electron chi connectivity index (χ3n) is 2.68. The Morgan fingerprint density at radius 1 is 1.06 bits per heavy atom. The van der Waals surface area contributed by atoms with E-state index in [1.54, 1.807) is 0 Å². The first-order chi connectivity index (χ1) is 8.63. The van der Waals surface area contributed by atoms with Crippen molar-refractivity contribution < 1.29 is 4.42 Å². The van der Waals surface area contributed by atoms with Crippen LogP contribution in [0.2, 0.25) is 0 Å². The minimum absolute atomic E-state index is 0.642. The molecule has 0 bridgehead atoms. The molecule has 1 aromatic heterocycles. The van der Waals surface area contributed by atoms with Gasteiger partial charge in [-0.2, -0.15) is 0 Å². The summed E-state index contributed by atoms with van der Waals surface area (Å²) >= 11 is 6.92. The van der Waals surface area contributed by atoms with E-state index in [4.69, 9.17) is 4.42 Å². The van der Waals surface area contributed by atoms with Crippen molar-refractivity contribution >= 4 is 43.0 Å². The second kappa shape index (κ2) is 4.52. The van der Waals surface area contributed by atoms with Crippen molar-refractivity contribution in [1.29, 1.82) is 0 Å². The van der Waals surface area contributed by atoms with Crippen molar-refractivity contribution in [2.45, 2.75) is 6.92 Å². The average molecular weight is 367 g/mol. The number of rotatable bonds is 1. The summed E-state index contributed by atoms with van der Waals surface area (Å²) in [5, 5.41) is 0. The zero-order valence-corrected chi connectivity index (χ0v) is 12.7. The van der Waals surface area contributed by atoms with Crippen LogP contribution in [0.1, 0.15) is 5.56 Å². The van der Waals surface area contributed by atoms with Gasteiger partial charge in [-0.05, 0) is 64.8 Å². The van der Waals surface area contributed by atoms with Crippen LogP contribution in [-0.2, 0) is 0 Å². The van der Waals surface area contributed by atoms with Crippen molar-refractivity contribution in [3.63, 3.8) is 0 Å². The molecule has 18 heavy (non-hydrogen) atoms. The summed E-state index contributed by atoms with van der Waals surface area (Å²) in [4.78, 5) is 4.52. The van der Waals surface area contributed by atoms with E-state index in [1.165, 1.54) is 0 Å². The molecule has 0 N–H and O–H groups in total. The first kappa shape index (κ1) is 11.9. The summed E-state index contributed by atoms with van der Waals surface area (Å²) in [7, 11) is 0. The zero-order valence-electron chi connectivity index (χ0n) is 9.58. The van der Waals surface area contributed by atoms with Crippen molar-refractivity contribution in [3.8, 4) is 11.5 Å². The average Bonchev–Trinajstić information content (AvgIpc) is 2.74. The number of hydrogen-bond acceptors (Lipinski definition) is 2. The van der Waals surface area contributed by atoms with Crippen LogP contribution in [0.5, 0.6) is 0 Å². The fraction of sp³-hybridized carbons (Fsp3) is 0.0714. The first-order valence-electron chi connectivity index (χ1n) is 5.46. The Kier molecular flexibility index (Phi) is 2.99. The molecule has 0 saturated heterocycles. The van der Waals surface area contributed by atoms with E-state index >= 15 is 0 Å². The van der Waals surface area contributed by atoms with Crippen molar-refractivity contribution in [2.24, 2.45) is 0 Å². The smallest absolute Gasteiger partial charge is 0.227 e. The minimum Gasteiger partial charge on any atom is -0.435 e. The molecule has 3 aromatic rings. The molecule has 0 unspecified atom stereocenters. The van der Waals surface area contributed by atoms with Gasteiger partial charge in [-0.1, -0.05) is 15.9 Å². The molecule has 0 spiro atoms. The number of fused-ring (bicyclic) bond motifs is 1. The molecule has 0 atom stereocenters. The molecular formula is C14H9Br2NO. The number of benzene rings is 2. The molecule has 1 heterocycles. The van der Waals surface area contributed by atoms with E-state index in [0.717, 1.165) is 31.2 Å². The van der Waals surface area contributed by atoms with Gasteiger partial charge in [-0.3, -0.25) is 0 Å². The van der Waals surface area contributed by atoms with Crippen LogP contribution in [0.4, 0.5) is 0 Å². The highest BCUT2D eigenvalue weighted by Crippen LogP contribution is 2.30. The maximum absolute atomic E-state index is 5.81. The normalized spacial score (nSPS) is 11.1. The minimum atomic E-state index is 0.642. The molecule has 0 amide bonds. The highest BCUT2D eigenvalue weighted by Gasteiger charge is 2.11. The lowest BCUT2D eigenvalue weighted by atomic mass is 10.2. The van der Waals surface area contributed by atoms with E-state index in [9.17, 15) is 0 Å². The number of oxazole rings is 1. The van der Waals surface area contributed by atoms with Gasteiger partial charge in [0.1, 0.15) is 5.52 Å². The highest BCUT2D eigenvalue weighted by atomic mass is 79.9. The summed E-state index contributed by atoms with van der Waals surface area (Å²) in [6.07, 6.45) is 0. The van der Waals surface area contributed by atoms with Gasteiger partial charge in [0.05, 0.1) is 4.47 Å². The summed E-state index contributed by atoms with van der Waals surface area (Å²) < 4.78 is 7.79. The van der Waals surface area contributed by atoms with E-state index in [1.807, 2.05) is 43.3 Å². The molecule has 0 saturated carbocycles. The Hall–Kier alpha value is -1.13. The highest BCUT2D eigenvalue weighted by molar-refractivity contribution is 9.11. The summed E-state index contributed by atoms with van der Waals surface area (Å²) in [6.45, 7) is 2.04. The van der Waals surface area contributed by atoms with Gasteiger partial charge in [-0.25, -0.2) is 4.98 Å².